The number of carbonyl (C=O) groups excluding carboxylic acids is 1. The molecule has 0 saturated heterocycles. The molecule has 8 heteroatoms. The summed E-state index contributed by atoms with van der Waals surface area (Å²) < 4.78 is 11.2. The maximum Gasteiger partial charge on any atom is 0.277 e. The fourth-order valence-electron chi connectivity index (χ4n) is 2.36. The van der Waals surface area contributed by atoms with E-state index in [1.165, 1.54) is 28.7 Å². The highest BCUT2D eigenvalue weighted by atomic mass is 32.2. The molecule has 3 aromatic rings. The number of rotatable bonds is 8. The summed E-state index contributed by atoms with van der Waals surface area (Å²) in [6.45, 7) is 7.37. The van der Waals surface area contributed by atoms with Crippen LogP contribution in [-0.4, -0.2) is 35.0 Å². The second kappa shape index (κ2) is 9.25. The molecule has 0 aliphatic rings. The lowest BCUT2D eigenvalue weighted by molar-refractivity contribution is -0.118. The highest BCUT2D eigenvalue weighted by Gasteiger charge is 2.13. The first-order valence-electron chi connectivity index (χ1n) is 8.92. The average molecular weight is 418 g/mol. The van der Waals surface area contributed by atoms with Gasteiger partial charge in [0.05, 0.1) is 17.2 Å². The Bertz CT molecular complexity index is 884. The highest BCUT2D eigenvalue weighted by Crippen LogP contribution is 2.26. The number of thioether (sulfide) groups is 1. The molecule has 3 rings (SSSR count). The van der Waals surface area contributed by atoms with Gasteiger partial charge in [-0.25, -0.2) is 0 Å². The minimum absolute atomic E-state index is 0.104. The largest absolute Gasteiger partial charge is 0.492 e. The van der Waals surface area contributed by atoms with E-state index in [0.29, 0.717) is 24.3 Å². The highest BCUT2D eigenvalue weighted by molar-refractivity contribution is 7.99. The summed E-state index contributed by atoms with van der Waals surface area (Å²) in [5.41, 5.74) is 1.38. The van der Waals surface area contributed by atoms with Crippen molar-refractivity contribution in [2.24, 2.45) is 0 Å². The summed E-state index contributed by atoms with van der Waals surface area (Å²) in [5.74, 6) is 1.38. The zero-order valence-corrected chi connectivity index (χ0v) is 17.7. The SMILES string of the molecule is CC(C)(C)c1ccc(OCCNC(=O)CSc2nnc(-c3cccs3)o2)cc1. The molecule has 2 aromatic heterocycles. The van der Waals surface area contributed by atoms with E-state index in [-0.39, 0.29) is 17.1 Å². The van der Waals surface area contributed by atoms with E-state index in [4.69, 9.17) is 9.15 Å². The summed E-state index contributed by atoms with van der Waals surface area (Å²) in [4.78, 5) is 12.9. The van der Waals surface area contributed by atoms with E-state index in [9.17, 15) is 4.79 Å². The van der Waals surface area contributed by atoms with E-state index in [1.54, 1.807) is 0 Å². The quantitative estimate of drug-likeness (QED) is 0.433. The van der Waals surface area contributed by atoms with Crippen molar-refractivity contribution in [1.29, 1.82) is 0 Å². The molecule has 0 bridgehead atoms. The predicted molar refractivity (Wildman–Crippen MR) is 112 cm³/mol. The van der Waals surface area contributed by atoms with Crippen LogP contribution in [0.5, 0.6) is 5.75 Å². The lowest BCUT2D eigenvalue weighted by Gasteiger charge is -2.19. The van der Waals surface area contributed by atoms with Crippen LogP contribution in [0.15, 0.2) is 51.4 Å². The number of benzene rings is 1. The Morgan fingerprint density at radius 3 is 2.68 bits per heavy atom. The summed E-state index contributed by atoms with van der Waals surface area (Å²) in [5, 5.41) is 13.1. The maximum absolute atomic E-state index is 11.9. The first-order valence-corrected chi connectivity index (χ1v) is 10.8. The van der Waals surface area contributed by atoms with Gasteiger partial charge in [0.15, 0.2) is 0 Å². The van der Waals surface area contributed by atoms with Crippen molar-refractivity contribution < 1.29 is 13.9 Å². The van der Waals surface area contributed by atoms with Gasteiger partial charge >= 0.3 is 0 Å². The Balaban J connectivity index is 1.35. The monoisotopic (exact) mass is 417 g/mol. The van der Waals surface area contributed by atoms with Gasteiger partial charge in [-0.3, -0.25) is 4.79 Å². The first kappa shape index (κ1) is 20.4. The zero-order valence-electron chi connectivity index (χ0n) is 16.1. The van der Waals surface area contributed by atoms with Gasteiger partial charge in [0.25, 0.3) is 11.1 Å². The van der Waals surface area contributed by atoms with E-state index >= 15 is 0 Å². The standard InChI is InChI=1S/C20H23N3O3S2/c1-20(2,3)14-6-8-15(9-7-14)25-11-10-21-17(24)13-28-19-23-22-18(26-19)16-5-4-12-27-16/h4-9,12H,10-11,13H2,1-3H3,(H,21,24). The molecule has 6 nitrogen and oxygen atoms in total. The third-order valence-corrected chi connectivity index (χ3v) is 5.55. The summed E-state index contributed by atoms with van der Waals surface area (Å²) in [6.07, 6.45) is 0. The zero-order chi connectivity index (χ0) is 20.0. The van der Waals surface area contributed by atoms with Crippen molar-refractivity contribution >= 4 is 29.0 Å². The second-order valence-electron chi connectivity index (χ2n) is 7.11. The minimum Gasteiger partial charge on any atom is -0.492 e. The third kappa shape index (κ3) is 5.84. The van der Waals surface area contributed by atoms with Crippen molar-refractivity contribution in [1.82, 2.24) is 15.5 Å². The van der Waals surface area contributed by atoms with Gasteiger partial charge in [0.2, 0.25) is 5.91 Å². The van der Waals surface area contributed by atoms with Crippen LogP contribution in [-0.2, 0) is 10.2 Å². The van der Waals surface area contributed by atoms with Gasteiger partial charge in [0.1, 0.15) is 12.4 Å². The van der Waals surface area contributed by atoms with Crippen LogP contribution in [0.1, 0.15) is 26.3 Å². The van der Waals surface area contributed by atoms with E-state index in [2.05, 4.69) is 48.4 Å². The van der Waals surface area contributed by atoms with Crippen LogP contribution in [0, 0.1) is 0 Å². The van der Waals surface area contributed by atoms with Gasteiger partial charge in [-0.05, 0) is 34.6 Å². The molecule has 0 spiro atoms. The molecule has 0 fully saturated rings. The van der Waals surface area contributed by atoms with E-state index in [1.807, 2.05) is 29.6 Å². The number of hydrogen-bond donors (Lipinski definition) is 1. The Labute approximate surface area is 172 Å². The number of nitrogens with one attached hydrogen (secondary N) is 1. The van der Waals surface area contributed by atoms with Gasteiger partial charge in [0, 0.05) is 0 Å². The minimum atomic E-state index is -0.104. The average Bonchev–Trinajstić information content (AvgIpc) is 3.34. The topological polar surface area (TPSA) is 77.2 Å². The van der Waals surface area contributed by atoms with Crippen LogP contribution in [0.3, 0.4) is 0 Å². The number of ether oxygens (including phenoxy) is 1. The normalized spacial score (nSPS) is 11.4. The Hall–Kier alpha value is -2.32. The summed E-state index contributed by atoms with van der Waals surface area (Å²) >= 11 is 2.74. The maximum atomic E-state index is 11.9. The third-order valence-electron chi connectivity index (χ3n) is 3.88. The van der Waals surface area contributed by atoms with Gasteiger partial charge in [-0.15, -0.1) is 21.5 Å². The van der Waals surface area contributed by atoms with E-state index < -0.39 is 0 Å². The molecule has 0 unspecified atom stereocenters. The lowest BCUT2D eigenvalue weighted by Crippen LogP contribution is -2.29. The van der Waals surface area contributed by atoms with Crippen molar-refractivity contribution in [2.45, 2.75) is 31.4 Å². The molecule has 1 aromatic carbocycles. The molecule has 0 aliphatic carbocycles. The molecular formula is C20H23N3O3S2. The number of hydrogen-bond acceptors (Lipinski definition) is 7. The van der Waals surface area contributed by atoms with Gasteiger partial charge in [-0.1, -0.05) is 50.7 Å². The fraction of sp³-hybridized carbons (Fsp3) is 0.350. The first-order chi connectivity index (χ1) is 13.4. The lowest BCUT2D eigenvalue weighted by atomic mass is 9.87. The summed E-state index contributed by atoms with van der Waals surface area (Å²) in [7, 11) is 0. The molecule has 2 heterocycles. The van der Waals surface area contributed by atoms with Gasteiger partial charge in [-0.2, -0.15) is 0 Å². The smallest absolute Gasteiger partial charge is 0.277 e. The molecule has 1 N–H and O–H groups in total. The molecule has 0 aliphatic heterocycles. The summed E-state index contributed by atoms with van der Waals surface area (Å²) in [6, 6.07) is 11.9. The number of amides is 1. The molecule has 28 heavy (non-hydrogen) atoms. The van der Waals surface area contributed by atoms with Crippen LogP contribution in [0.25, 0.3) is 10.8 Å². The van der Waals surface area contributed by atoms with Crippen molar-refractivity contribution in [3.63, 3.8) is 0 Å². The van der Waals surface area contributed by atoms with Crippen LogP contribution < -0.4 is 10.1 Å². The number of thiophene rings is 1. The number of aromatic nitrogens is 2. The van der Waals surface area contributed by atoms with Crippen LogP contribution >= 0.6 is 23.1 Å². The predicted octanol–water partition coefficient (Wildman–Crippen LogP) is 4.38. The Morgan fingerprint density at radius 1 is 1.21 bits per heavy atom. The Morgan fingerprint density at radius 2 is 2.00 bits per heavy atom. The van der Waals surface area contributed by atoms with E-state index in [0.717, 1.165) is 10.6 Å². The second-order valence-corrected chi connectivity index (χ2v) is 8.99. The number of carbonyl (C=O) groups is 1. The molecule has 0 atom stereocenters. The number of nitrogens with zero attached hydrogens (tertiary/aromatic N) is 2. The van der Waals surface area contributed by atoms with Crippen LogP contribution in [0.2, 0.25) is 0 Å². The molecule has 1 amide bonds. The molecule has 148 valence electrons. The molecule has 0 radical (unpaired) electrons. The fourth-order valence-corrected chi connectivity index (χ4v) is 3.59. The van der Waals surface area contributed by atoms with Crippen molar-refractivity contribution in [2.75, 3.05) is 18.9 Å². The van der Waals surface area contributed by atoms with Crippen LogP contribution in [0.4, 0.5) is 0 Å². The van der Waals surface area contributed by atoms with Gasteiger partial charge < -0.3 is 14.5 Å². The van der Waals surface area contributed by atoms with Crippen molar-refractivity contribution in [3.8, 4) is 16.5 Å². The van der Waals surface area contributed by atoms with Crippen molar-refractivity contribution in [3.05, 3.63) is 47.3 Å². The molecule has 0 saturated carbocycles. The Kier molecular flexibility index (Phi) is 6.74. The molecular weight excluding hydrogens is 394 g/mol.